The van der Waals surface area contributed by atoms with Crippen LogP contribution in [0.15, 0.2) is 11.6 Å². The van der Waals surface area contributed by atoms with Crippen LogP contribution in [-0.2, 0) is 4.79 Å². The van der Waals surface area contributed by atoms with Crippen molar-refractivity contribution in [2.75, 3.05) is 11.5 Å². The van der Waals surface area contributed by atoms with Crippen LogP contribution < -0.4 is 0 Å². The summed E-state index contributed by atoms with van der Waals surface area (Å²) in [5.74, 6) is 2.29. The molecule has 0 atom stereocenters. The quantitative estimate of drug-likeness (QED) is 0.430. The van der Waals surface area contributed by atoms with Gasteiger partial charge in [0.15, 0.2) is 0 Å². The van der Waals surface area contributed by atoms with Gasteiger partial charge in [-0.1, -0.05) is 11.6 Å². The lowest BCUT2D eigenvalue weighted by molar-refractivity contribution is -0.107. The Kier molecular flexibility index (Phi) is 2.84. The van der Waals surface area contributed by atoms with Crippen molar-refractivity contribution in [2.24, 2.45) is 0 Å². The third-order valence-electron chi connectivity index (χ3n) is 1.40. The van der Waals surface area contributed by atoms with Gasteiger partial charge < -0.3 is 4.79 Å². The van der Waals surface area contributed by atoms with Crippen LogP contribution in [0, 0.1) is 0 Å². The topological polar surface area (TPSA) is 17.1 Å². The first-order chi connectivity index (χ1) is 4.43. The maximum Gasteiger partial charge on any atom is 0.124 e. The highest BCUT2D eigenvalue weighted by Crippen LogP contribution is 2.17. The molecule has 0 fully saturated rings. The molecule has 1 heterocycles. The first kappa shape index (κ1) is 6.87. The smallest absolute Gasteiger partial charge is 0.124 e. The van der Waals surface area contributed by atoms with Crippen molar-refractivity contribution in [1.29, 1.82) is 0 Å². The fourth-order valence-corrected chi connectivity index (χ4v) is 1.78. The van der Waals surface area contributed by atoms with E-state index in [1.807, 2.05) is 11.8 Å². The van der Waals surface area contributed by atoms with E-state index in [1.54, 1.807) is 0 Å². The summed E-state index contributed by atoms with van der Waals surface area (Å²) in [7, 11) is 0. The molecule has 0 aliphatic carbocycles. The third kappa shape index (κ3) is 2.22. The zero-order valence-corrected chi connectivity index (χ0v) is 6.12. The van der Waals surface area contributed by atoms with Gasteiger partial charge in [-0.25, -0.2) is 0 Å². The van der Waals surface area contributed by atoms with E-state index in [9.17, 15) is 4.79 Å². The minimum Gasteiger partial charge on any atom is -0.303 e. The van der Waals surface area contributed by atoms with Gasteiger partial charge in [-0.05, 0) is 12.2 Å². The SMILES string of the molecule is O=CCC1=CCSCC1. The Morgan fingerprint density at radius 2 is 2.67 bits per heavy atom. The lowest BCUT2D eigenvalue weighted by atomic mass is 10.1. The average Bonchev–Trinajstić information content (AvgIpc) is 1.91. The van der Waals surface area contributed by atoms with E-state index in [0.717, 1.165) is 18.5 Å². The van der Waals surface area contributed by atoms with Crippen molar-refractivity contribution >= 4 is 18.0 Å². The lowest BCUT2D eigenvalue weighted by Gasteiger charge is -2.08. The molecule has 0 aromatic rings. The molecule has 0 radical (unpaired) electrons. The van der Waals surface area contributed by atoms with Crippen LogP contribution in [0.4, 0.5) is 0 Å². The first-order valence-electron chi connectivity index (χ1n) is 3.13. The predicted molar refractivity (Wildman–Crippen MR) is 40.7 cm³/mol. The van der Waals surface area contributed by atoms with Crippen LogP contribution >= 0.6 is 11.8 Å². The standard InChI is InChI=1S/C7H10OS/c8-4-1-7-2-5-9-6-3-7/h2,4H,1,3,5-6H2. The Bertz CT molecular complexity index is 129. The number of hydrogen-bond donors (Lipinski definition) is 0. The first-order valence-corrected chi connectivity index (χ1v) is 4.28. The van der Waals surface area contributed by atoms with Crippen LogP contribution in [0.3, 0.4) is 0 Å². The molecule has 1 rings (SSSR count). The average molecular weight is 142 g/mol. The van der Waals surface area contributed by atoms with Crippen molar-refractivity contribution in [3.63, 3.8) is 0 Å². The number of carbonyl (C=O) groups is 1. The summed E-state index contributed by atoms with van der Waals surface area (Å²) in [5.41, 5.74) is 1.32. The normalized spacial score (nSPS) is 18.9. The number of allylic oxidation sites excluding steroid dienone is 1. The van der Waals surface area contributed by atoms with Gasteiger partial charge in [0, 0.05) is 12.2 Å². The van der Waals surface area contributed by atoms with Crippen molar-refractivity contribution < 1.29 is 4.79 Å². The molecule has 0 saturated heterocycles. The molecule has 0 unspecified atom stereocenters. The highest BCUT2D eigenvalue weighted by molar-refractivity contribution is 7.99. The summed E-state index contributed by atoms with van der Waals surface area (Å²) in [5, 5.41) is 0. The Hall–Kier alpha value is -0.240. The molecule has 50 valence electrons. The number of carbonyl (C=O) groups excluding carboxylic acids is 1. The molecule has 9 heavy (non-hydrogen) atoms. The van der Waals surface area contributed by atoms with Crippen LogP contribution in [-0.4, -0.2) is 17.8 Å². The number of rotatable bonds is 2. The zero-order chi connectivity index (χ0) is 6.53. The van der Waals surface area contributed by atoms with Crippen molar-refractivity contribution in [3.8, 4) is 0 Å². The molecule has 2 heteroatoms. The van der Waals surface area contributed by atoms with E-state index in [2.05, 4.69) is 6.08 Å². The van der Waals surface area contributed by atoms with Gasteiger partial charge in [0.05, 0.1) is 0 Å². The van der Waals surface area contributed by atoms with E-state index in [1.165, 1.54) is 11.3 Å². The highest BCUT2D eigenvalue weighted by atomic mass is 32.2. The number of aldehydes is 1. The molecule has 0 spiro atoms. The second-order valence-corrected chi connectivity index (χ2v) is 3.21. The summed E-state index contributed by atoms with van der Waals surface area (Å²) < 4.78 is 0. The van der Waals surface area contributed by atoms with E-state index < -0.39 is 0 Å². The van der Waals surface area contributed by atoms with Gasteiger partial charge in [-0.2, -0.15) is 11.8 Å². The summed E-state index contributed by atoms with van der Waals surface area (Å²) in [4.78, 5) is 10.0. The molecule has 1 aliphatic rings. The molecule has 0 aromatic heterocycles. The summed E-state index contributed by atoms with van der Waals surface area (Å²) >= 11 is 1.93. The fourth-order valence-electron chi connectivity index (χ4n) is 0.858. The van der Waals surface area contributed by atoms with E-state index in [4.69, 9.17) is 0 Å². The largest absolute Gasteiger partial charge is 0.303 e. The zero-order valence-electron chi connectivity index (χ0n) is 5.30. The summed E-state index contributed by atoms with van der Waals surface area (Å²) in [6, 6.07) is 0. The summed E-state index contributed by atoms with van der Waals surface area (Å²) in [6.07, 6.45) is 4.92. The monoisotopic (exact) mass is 142 g/mol. The van der Waals surface area contributed by atoms with Crippen LogP contribution in [0.25, 0.3) is 0 Å². The Morgan fingerprint density at radius 1 is 1.78 bits per heavy atom. The molecular weight excluding hydrogens is 132 g/mol. The molecule has 0 bridgehead atoms. The van der Waals surface area contributed by atoms with E-state index in [-0.39, 0.29) is 0 Å². The van der Waals surface area contributed by atoms with Crippen molar-refractivity contribution in [1.82, 2.24) is 0 Å². The van der Waals surface area contributed by atoms with Gasteiger partial charge in [-0.3, -0.25) is 0 Å². The minimum atomic E-state index is 0.653. The van der Waals surface area contributed by atoms with Crippen molar-refractivity contribution in [2.45, 2.75) is 12.8 Å². The maximum absolute atomic E-state index is 10.0. The number of hydrogen-bond acceptors (Lipinski definition) is 2. The molecular formula is C7H10OS. The van der Waals surface area contributed by atoms with Gasteiger partial charge in [0.2, 0.25) is 0 Å². The van der Waals surface area contributed by atoms with Gasteiger partial charge in [0.25, 0.3) is 0 Å². The van der Waals surface area contributed by atoms with Crippen LogP contribution in [0.1, 0.15) is 12.8 Å². The Labute approximate surface area is 59.5 Å². The molecule has 0 N–H and O–H groups in total. The van der Waals surface area contributed by atoms with E-state index >= 15 is 0 Å². The predicted octanol–water partition coefficient (Wildman–Crippen LogP) is 1.64. The Morgan fingerprint density at radius 3 is 3.22 bits per heavy atom. The summed E-state index contributed by atoms with van der Waals surface area (Å²) in [6.45, 7) is 0. The van der Waals surface area contributed by atoms with Crippen LogP contribution in [0.5, 0.6) is 0 Å². The highest BCUT2D eigenvalue weighted by Gasteiger charge is 2.01. The molecule has 0 aromatic carbocycles. The molecule has 0 amide bonds. The molecule has 0 saturated carbocycles. The van der Waals surface area contributed by atoms with E-state index in [0.29, 0.717) is 6.42 Å². The van der Waals surface area contributed by atoms with Gasteiger partial charge >= 0.3 is 0 Å². The minimum absolute atomic E-state index is 0.653. The fraction of sp³-hybridized carbons (Fsp3) is 0.571. The lowest BCUT2D eigenvalue weighted by Crippen LogP contribution is -1.95. The van der Waals surface area contributed by atoms with Crippen molar-refractivity contribution in [3.05, 3.63) is 11.6 Å². The molecule has 1 aliphatic heterocycles. The second kappa shape index (κ2) is 3.72. The maximum atomic E-state index is 10.0. The second-order valence-electron chi connectivity index (χ2n) is 2.06. The van der Waals surface area contributed by atoms with Gasteiger partial charge in [-0.15, -0.1) is 0 Å². The van der Waals surface area contributed by atoms with Gasteiger partial charge in [0.1, 0.15) is 6.29 Å². The third-order valence-corrected chi connectivity index (χ3v) is 2.30. The Balaban J connectivity index is 2.36. The number of thioether (sulfide) groups is 1. The molecule has 1 nitrogen and oxygen atoms in total. The van der Waals surface area contributed by atoms with Crippen LogP contribution in [0.2, 0.25) is 0 Å².